The van der Waals surface area contributed by atoms with Gasteiger partial charge >= 0.3 is 11.9 Å². The molecule has 182 valence electrons. The number of aliphatic hydroxyl groups excluding tert-OH is 2. The Morgan fingerprint density at radius 2 is 1.77 bits per heavy atom. The lowest BCUT2D eigenvalue weighted by Gasteiger charge is -2.49. The van der Waals surface area contributed by atoms with Gasteiger partial charge in [-0.05, 0) is 81.5 Å². The van der Waals surface area contributed by atoms with Crippen LogP contribution >= 0.6 is 0 Å². The van der Waals surface area contributed by atoms with Gasteiger partial charge in [0.2, 0.25) is 0 Å². The van der Waals surface area contributed by atoms with E-state index in [1.165, 1.54) is 0 Å². The third-order valence-corrected chi connectivity index (χ3v) is 7.66. The summed E-state index contributed by atoms with van der Waals surface area (Å²) in [7, 11) is 0. The zero-order chi connectivity index (χ0) is 24.0. The SMILES string of the molecule is CCC(C)(C)C(=O)OC[C@@H]1[C@@H](CC[C@@H](O)C[C@@H](O)CC(=O)O)C(C)(C)CC[C@H]1C(C)C. The van der Waals surface area contributed by atoms with E-state index in [2.05, 4.69) is 27.7 Å². The molecule has 5 atom stereocenters. The first-order chi connectivity index (χ1) is 14.2. The van der Waals surface area contributed by atoms with Crippen molar-refractivity contribution in [3.63, 3.8) is 0 Å². The predicted molar refractivity (Wildman–Crippen MR) is 121 cm³/mol. The highest BCUT2D eigenvalue weighted by atomic mass is 16.5. The van der Waals surface area contributed by atoms with Crippen molar-refractivity contribution in [1.82, 2.24) is 0 Å². The summed E-state index contributed by atoms with van der Waals surface area (Å²) in [6.45, 7) is 15.2. The van der Waals surface area contributed by atoms with Gasteiger partial charge < -0.3 is 20.1 Å². The van der Waals surface area contributed by atoms with E-state index >= 15 is 0 Å². The Morgan fingerprint density at radius 1 is 1.16 bits per heavy atom. The van der Waals surface area contributed by atoms with Crippen LogP contribution in [0.4, 0.5) is 0 Å². The van der Waals surface area contributed by atoms with Crippen molar-refractivity contribution in [1.29, 1.82) is 0 Å². The van der Waals surface area contributed by atoms with Crippen molar-refractivity contribution in [3.8, 4) is 0 Å². The summed E-state index contributed by atoms with van der Waals surface area (Å²) in [5.41, 5.74) is -0.439. The zero-order valence-corrected chi connectivity index (χ0v) is 20.7. The van der Waals surface area contributed by atoms with Gasteiger partial charge in [0.25, 0.3) is 0 Å². The third-order valence-electron chi connectivity index (χ3n) is 7.66. The van der Waals surface area contributed by atoms with Gasteiger partial charge in [-0.15, -0.1) is 0 Å². The Hall–Kier alpha value is -1.14. The van der Waals surface area contributed by atoms with Crippen LogP contribution in [0.15, 0.2) is 0 Å². The highest BCUT2D eigenvalue weighted by Gasteiger charge is 2.45. The lowest BCUT2D eigenvalue weighted by atomic mass is 9.56. The molecular weight excluding hydrogens is 396 g/mol. The summed E-state index contributed by atoms with van der Waals surface area (Å²) >= 11 is 0. The van der Waals surface area contributed by atoms with E-state index in [-0.39, 0.29) is 36.1 Å². The van der Waals surface area contributed by atoms with Gasteiger partial charge in [0.1, 0.15) is 0 Å². The molecule has 1 aliphatic carbocycles. The van der Waals surface area contributed by atoms with Crippen molar-refractivity contribution >= 4 is 11.9 Å². The number of aliphatic hydroxyl groups is 2. The third kappa shape index (κ3) is 8.38. The van der Waals surface area contributed by atoms with E-state index in [4.69, 9.17) is 9.84 Å². The smallest absolute Gasteiger partial charge is 0.311 e. The summed E-state index contributed by atoms with van der Waals surface area (Å²) in [5.74, 6) is 0.198. The Balaban J connectivity index is 2.90. The fraction of sp³-hybridized carbons (Fsp3) is 0.920. The highest BCUT2D eigenvalue weighted by Crippen LogP contribution is 2.51. The Bertz CT molecular complexity index is 583. The van der Waals surface area contributed by atoms with E-state index in [9.17, 15) is 19.8 Å². The molecule has 0 bridgehead atoms. The van der Waals surface area contributed by atoms with Crippen molar-refractivity contribution in [2.24, 2.45) is 34.5 Å². The molecule has 0 aromatic rings. The maximum atomic E-state index is 12.6. The molecule has 0 aliphatic heterocycles. The monoisotopic (exact) mass is 442 g/mol. The molecule has 1 aliphatic rings. The number of carbonyl (C=O) groups excluding carboxylic acids is 1. The van der Waals surface area contributed by atoms with Crippen molar-refractivity contribution in [2.75, 3.05) is 6.61 Å². The molecule has 0 heterocycles. The molecule has 0 spiro atoms. The molecule has 1 rings (SSSR count). The van der Waals surface area contributed by atoms with Crippen molar-refractivity contribution in [3.05, 3.63) is 0 Å². The summed E-state index contributed by atoms with van der Waals surface area (Å²) < 4.78 is 5.85. The van der Waals surface area contributed by atoms with Crippen molar-refractivity contribution < 1.29 is 29.6 Å². The van der Waals surface area contributed by atoms with E-state index in [1.54, 1.807) is 0 Å². The molecule has 0 saturated heterocycles. The fourth-order valence-electron chi connectivity index (χ4n) is 5.09. The standard InChI is InChI=1S/C25H46O6/c1-8-24(4,5)23(30)31-15-20-19(16(2)3)11-12-25(6,7)21(20)10-9-17(26)13-18(27)14-22(28)29/h16-21,26-27H,8-15H2,1-7H3,(H,28,29)/t17-,18-,19+,20+,21-/m1/s1. The number of ether oxygens (including phenoxy) is 1. The molecule has 1 saturated carbocycles. The van der Waals surface area contributed by atoms with Gasteiger partial charge in [-0.3, -0.25) is 9.59 Å². The molecule has 1 fully saturated rings. The van der Waals surface area contributed by atoms with Crippen LogP contribution in [-0.2, 0) is 14.3 Å². The first-order valence-electron chi connectivity index (χ1n) is 12.0. The van der Waals surface area contributed by atoms with Gasteiger partial charge in [0.05, 0.1) is 30.7 Å². The van der Waals surface area contributed by atoms with Crippen LogP contribution in [0, 0.1) is 34.5 Å². The molecule has 0 aromatic heterocycles. The molecule has 0 radical (unpaired) electrons. The molecule has 6 nitrogen and oxygen atoms in total. The van der Waals surface area contributed by atoms with E-state index in [0.717, 1.165) is 25.7 Å². The van der Waals surface area contributed by atoms with E-state index in [1.807, 2.05) is 20.8 Å². The number of hydrogen-bond donors (Lipinski definition) is 3. The molecular formula is C25H46O6. The molecule has 31 heavy (non-hydrogen) atoms. The summed E-state index contributed by atoms with van der Waals surface area (Å²) in [4.78, 5) is 23.4. The lowest BCUT2D eigenvalue weighted by Crippen LogP contribution is -2.45. The maximum absolute atomic E-state index is 12.6. The number of rotatable bonds is 12. The van der Waals surface area contributed by atoms with Crippen LogP contribution in [0.3, 0.4) is 0 Å². The zero-order valence-electron chi connectivity index (χ0n) is 20.7. The van der Waals surface area contributed by atoms with E-state index in [0.29, 0.717) is 24.9 Å². The van der Waals surface area contributed by atoms with Crippen LogP contribution in [0.25, 0.3) is 0 Å². The first kappa shape index (κ1) is 27.9. The lowest BCUT2D eigenvalue weighted by molar-refractivity contribution is -0.159. The Kier molecular flexibility index (Phi) is 10.5. The normalized spacial score (nSPS) is 25.8. The highest BCUT2D eigenvalue weighted by molar-refractivity contribution is 5.75. The number of hydrogen-bond acceptors (Lipinski definition) is 5. The minimum atomic E-state index is -1.07. The topological polar surface area (TPSA) is 104 Å². The van der Waals surface area contributed by atoms with Crippen LogP contribution in [0.1, 0.15) is 93.4 Å². The number of carboxylic acid groups (broad SMARTS) is 1. The molecule has 0 unspecified atom stereocenters. The number of carbonyl (C=O) groups is 2. The Labute approximate surface area is 188 Å². The predicted octanol–water partition coefficient (Wildman–Crippen LogP) is 4.66. The number of aliphatic carboxylic acids is 1. The van der Waals surface area contributed by atoms with Gasteiger partial charge in [-0.1, -0.05) is 34.6 Å². The number of esters is 1. The second-order valence-electron chi connectivity index (χ2n) is 11.3. The van der Waals surface area contributed by atoms with Gasteiger partial charge in [0, 0.05) is 0 Å². The summed E-state index contributed by atoms with van der Waals surface area (Å²) in [5, 5.41) is 29.1. The quantitative estimate of drug-likeness (QED) is 0.380. The second kappa shape index (κ2) is 11.6. The average molecular weight is 443 g/mol. The second-order valence-corrected chi connectivity index (χ2v) is 11.3. The summed E-state index contributed by atoms with van der Waals surface area (Å²) in [6.07, 6.45) is 2.10. The van der Waals surface area contributed by atoms with Crippen LogP contribution in [0.5, 0.6) is 0 Å². The molecule has 0 aromatic carbocycles. The van der Waals surface area contributed by atoms with Gasteiger partial charge in [0.15, 0.2) is 0 Å². The van der Waals surface area contributed by atoms with Crippen molar-refractivity contribution in [2.45, 2.75) is 106 Å². The largest absolute Gasteiger partial charge is 0.481 e. The van der Waals surface area contributed by atoms with E-state index < -0.39 is 23.6 Å². The minimum Gasteiger partial charge on any atom is -0.481 e. The van der Waals surface area contributed by atoms with Crippen LogP contribution < -0.4 is 0 Å². The number of carboxylic acids is 1. The average Bonchev–Trinajstić information content (AvgIpc) is 2.63. The minimum absolute atomic E-state index is 0.0577. The molecule has 6 heteroatoms. The maximum Gasteiger partial charge on any atom is 0.311 e. The molecule has 3 N–H and O–H groups in total. The fourth-order valence-corrected chi connectivity index (χ4v) is 5.09. The first-order valence-corrected chi connectivity index (χ1v) is 12.0. The van der Waals surface area contributed by atoms with Crippen LogP contribution in [-0.4, -0.2) is 46.1 Å². The van der Waals surface area contributed by atoms with Gasteiger partial charge in [-0.2, -0.15) is 0 Å². The summed E-state index contributed by atoms with van der Waals surface area (Å²) in [6, 6.07) is 0. The van der Waals surface area contributed by atoms with Gasteiger partial charge in [-0.25, -0.2) is 0 Å². The van der Waals surface area contributed by atoms with Crippen LogP contribution in [0.2, 0.25) is 0 Å². The molecule has 0 amide bonds. The Morgan fingerprint density at radius 3 is 2.29 bits per heavy atom.